The minimum absolute atomic E-state index is 0.0423. The van der Waals surface area contributed by atoms with E-state index in [2.05, 4.69) is 44.3 Å². The van der Waals surface area contributed by atoms with Gasteiger partial charge in [0.1, 0.15) is 5.75 Å². The molecular weight excluding hydrogens is 250 g/mol. The van der Waals surface area contributed by atoms with E-state index in [9.17, 15) is 5.11 Å². The van der Waals surface area contributed by atoms with Crippen LogP contribution in [0.2, 0.25) is 0 Å². The molecule has 0 spiro atoms. The Kier molecular flexibility index (Phi) is 6.03. The summed E-state index contributed by atoms with van der Waals surface area (Å²) in [5.74, 6) is 1.44. The summed E-state index contributed by atoms with van der Waals surface area (Å²) >= 11 is 0. The van der Waals surface area contributed by atoms with Gasteiger partial charge in [0.25, 0.3) is 0 Å². The van der Waals surface area contributed by atoms with Crippen LogP contribution in [-0.4, -0.2) is 30.4 Å². The molecule has 0 fully saturated rings. The topological polar surface area (TPSA) is 41.5 Å². The summed E-state index contributed by atoms with van der Waals surface area (Å²) in [6.45, 7) is 10.6. The Bertz CT molecular complexity index is 425. The lowest BCUT2D eigenvalue weighted by Crippen LogP contribution is -2.46. The van der Waals surface area contributed by atoms with Crippen LogP contribution in [0.1, 0.15) is 51.2 Å². The number of hydrogen-bond acceptors (Lipinski definition) is 3. The van der Waals surface area contributed by atoms with Gasteiger partial charge in [0, 0.05) is 12.0 Å². The van der Waals surface area contributed by atoms with Crippen LogP contribution in [0.5, 0.6) is 5.75 Å². The second kappa shape index (κ2) is 7.09. The molecular formula is C17H29NO2. The molecule has 0 radical (unpaired) electrons. The van der Waals surface area contributed by atoms with Gasteiger partial charge in [-0.05, 0) is 50.9 Å². The summed E-state index contributed by atoms with van der Waals surface area (Å²) < 4.78 is 6.08. The van der Waals surface area contributed by atoms with Gasteiger partial charge in [-0.3, -0.25) is 0 Å². The monoisotopic (exact) mass is 279 g/mol. The second-order valence-electron chi connectivity index (χ2n) is 6.28. The summed E-state index contributed by atoms with van der Waals surface area (Å²) in [7, 11) is 1.87. The number of aliphatic hydroxyl groups is 1. The predicted octanol–water partition coefficient (Wildman–Crippen LogP) is 3.25. The third kappa shape index (κ3) is 4.50. The number of benzene rings is 1. The third-order valence-electron chi connectivity index (χ3n) is 3.90. The van der Waals surface area contributed by atoms with Crippen molar-refractivity contribution in [1.29, 1.82) is 0 Å². The molecule has 3 nitrogen and oxygen atoms in total. The first-order valence-corrected chi connectivity index (χ1v) is 7.38. The fourth-order valence-electron chi connectivity index (χ4n) is 2.24. The van der Waals surface area contributed by atoms with E-state index in [0.717, 1.165) is 17.7 Å². The largest absolute Gasteiger partial charge is 0.490 e. The fraction of sp³-hybridized carbons (Fsp3) is 0.647. The van der Waals surface area contributed by atoms with Crippen molar-refractivity contribution in [3.8, 4) is 5.75 Å². The van der Waals surface area contributed by atoms with Gasteiger partial charge >= 0.3 is 0 Å². The number of aliphatic hydroxyl groups excluding tert-OH is 1. The summed E-state index contributed by atoms with van der Waals surface area (Å²) in [5, 5.41) is 12.6. The van der Waals surface area contributed by atoms with Crippen molar-refractivity contribution >= 4 is 0 Å². The number of rotatable bonds is 7. The molecule has 3 heteroatoms. The van der Waals surface area contributed by atoms with Crippen LogP contribution in [0.3, 0.4) is 0 Å². The van der Waals surface area contributed by atoms with Crippen molar-refractivity contribution in [1.82, 2.24) is 5.32 Å². The van der Waals surface area contributed by atoms with Gasteiger partial charge in [0.2, 0.25) is 0 Å². The lowest BCUT2D eigenvalue weighted by atomic mass is 9.96. The molecule has 0 aliphatic carbocycles. The molecule has 0 aliphatic heterocycles. The van der Waals surface area contributed by atoms with Crippen molar-refractivity contribution in [3.05, 3.63) is 29.3 Å². The summed E-state index contributed by atoms with van der Waals surface area (Å²) in [5.41, 5.74) is 2.14. The van der Waals surface area contributed by atoms with Crippen molar-refractivity contribution in [2.24, 2.45) is 0 Å². The first-order chi connectivity index (χ1) is 9.31. The Morgan fingerprint density at radius 2 is 1.95 bits per heavy atom. The highest BCUT2D eigenvalue weighted by Crippen LogP contribution is 2.26. The van der Waals surface area contributed by atoms with E-state index in [1.165, 1.54) is 5.56 Å². The second-order valence-corrected chi connectivity index (χ2v) is 6.28. The van der Waals surface area contributed by atoms with Crippen molar-refractivity contribution < 1.29 is 9.84 Å². The molecule has 1 aromatic rings. The molecule has 0 bridgehead atoms. The van der Waals surface area contributed by atoms with Gasteiger partial charge in [-0.25, -0.2) is 0 Å². The van der Waals surface area contributed by atoms with Gasteiger partial charge < -0.3 is 15.2 Å². The fourth-order valence-corrected chi connectivity index (χ4v) is 2.24. The van der Waals surface area contributed by atoms with E-state index in [4.69, 9.17) is 4.74 Å². The lowest BCUT2D eigenvalue weighted by Gasteiger charge is -2.30. The molecule has 114 valence electrons. The summed E-state index contributed by atoms with van der Waals surface area (Å²) in [6.07, 6.45) is 0.798. The van der Waals surface area contributed by atoms with Gasteiger partial charge in [-0.2, -0.15) is 0 Å². The Balaban J connectivity index is 2.80. The van der Waals surface area contributed by atoms with Gasteiger partial charge in [-0.1, -0.05) is 26.0 Å². The van der Waals surface area contributed by atoms with Crippen LogP contribution in [0.25, 0.3) is 0 Å². The van der Waals surface area contributed by atoms with Crippen LogP contribution < -0.4 is 10.1 Å². The highest BCUT2D eigenvalue weighted by molar-refractivity contribution is 5.37. The van der Waals surface area contributed by atoms with Crippen LogP contribution in [0.15, 0.2) is 18.2 Å². The first-order valence-electron chi connectivity index (χ1n) is 7.38. The maximum atomic E-state index is 9.45. The van der Waals surface area contributed by atoms with E-state index in [1.54, 1.807) is 0 Å². The Labute approximate surface area is 123 Å². The van der Waals surface area contributed by atoms with E-state index >= 15 is 0 Å². The van der Waals surface area contributed by atoms with E-state index in [1.807, 2.05) is 20.9 Å². The quantitative estimate of drug-likeness (QED) is 0.805. The molecule has 2 unspecified atom stereocenters. The molecule has 0 amide bonds. The zero-order valence-corrected chi connectivity index (χ0v) is 13.7. The summed E-state index contributed by atoms with van der Waals surface area (Å²) in [4.78, 5) is 0. The molecule has 0 aromatic heterocycles. The first kappa shape index (κ1) is 17.0. The van der Waals surface area contributed by atoms with Crippen LogP contribution in [-0.2, 0) is 0 Å². The van der Waals surface area contributed by atoms with Crippen LogP contribution in [0.4, 0.5) is 0 Å². The van der Waals surface area contributed by atoms with Crippen LogP contribution in [0, 0.1) is 6.92 Å². The highest BCUT2D eigenvalue weighted by atomic mass is 16.5. The number of nitrogens with one attached hydrogen (secondary N) is 1. The molecule has 1 aromatic carbocycles. The van der Waals surface area contributed by atoms with Gasteiger partial charge in [-0.15, -0.1) is 0 Å². The SMILES string of the molecule is CNC(C)(CO)CC(C)Oc1cc(C(C)C)ccc1C. The van der Waals surface area contributed by atoms with Crippen molar-refractivity contribution in [2.75, 3.05) is 13.7 Å². The lowest BCUT2D eigenvalue weighted by molar-refractivity contribution is 0.115. The van der Waals surface area contributed by atoms with Gasteiger partial charge in [0.15, 0.2) is 0 Å². The number of hydrogen-bond donors (Lipinski definition) is 2. The van der Waals surface area contributed by atoms with E-state index in [-0.39, 0.29) is 18.2 Å². The maximum absolute atomic E-state index is 9.45. The summed E-state index contributed by atoms with van der Waals surface area (Å²) in [6, 6.07) is 6.40. The standard InChI is InChI=1S/C17H29NO2/c1-12(2)15-8-7-13(3)16(9-15)20-14(4)10-17(5,11-19)18-6/h7-9,12,14,18-19H,10-11H2,1-6H3. The zero-order valence-electron chi connectivity index (χ0n) is 13.7. The average Bonchev–Trinajstić information content (AvgIpc) is 2.40. The highest BCUT2D eigenvalue weighted by Gasteiger charge is 2.24. The molecule has 0 aliphatic rings. The maximum Gasteiger partial charge on any atom is 0.122 e. The third-order valence-corrected chi connectivity index (χ3v) is 3.90. The Morgan fingerprint density at radius 1 is 1.30 bits per heavy atom. The Hall–Kier alpha value is -1.06. The molecule has 2 atom stereocenters. The van der Waals surface area contributed by atoms with Crippen molar-refractivity contribution in [3.63, 3.8) is 0 Å². The van der Waals surface area contributed by atoms with E-state index in [0.29, 0.717) is 5.92 Å². The number of likely N-dealkylation sites (N-methyl/N-ethyl adjacent to an activating group) is 1. The molecule has 2 N–H and O–H groups in total. The number of ether oxygens (including phenoxy) is 1. The van der Waals surface area contributed by atoms with Gasteiger partial charge in [0.05, 0.1) is 12.7 Å². The number of aryl methyl sites for hydroxylation is 1. The van der Waals surface area contributed by atoms with Crippen LogP contribution >= 0.6 is 0 Å². The minimum atomic E-state index is -0.303. The molecule has 0 saturated heterocycles. The predicted molar refractivity (Wildman–Crippen MR) is 84.5 cm³/mol. The molecule has 20 heavy (non-hydrogen) atoms. The normalized spacial score (nSPS) is 16.0. The molecule has 0 saturated carbocycles. The minimum Gasteiger partial charge on any atom is -0.490 e. The zero-order chi connectivity index (χ0) is 15.3. The molecule has 1 rings (SSSR count). The van der Waals surface area contributed by atoms with Crippen molar-refractivity contribution in [2.45, 2.75) is 58.6 Å². The average molecular weight is 279 g/mol. The smallest absolute Gasteiger partial charge is 0.122 e. The van der Waals surface area contributed by atoms with E-state index < -0.39 is 0 Å². The molecule has 0 heterocycles. The Morgan fingerprint density at radius 3 is 2.45 bits per heavy atom.